The molecule has 280 valence electrons. The van der Waals surface area contributed by atoms with Crippen LogP contribution in [-0.4, -0.2) is 45.6 Å². The Kier molecular flexibility index (Phi) is 44.8. The van der Waals surface area contributed by atoms with E-state index in [1.54, 1.807) is 0 Å². The minimum absolute atomic E-state index is 0.318. The van der Waals surface area contributed by atoms with Gasteiger partial charge in [0.1, 0.15) is 0 Å². The molecule has 4 N–H and O–H groups in total. The van der Waals surface area contributed by atoms with Crippen molar-refractivity contribution >= 4 is 11.9 Å². The van der Waals surface area contributed by atoms with E-state index in [0.29, 0.717) is 26.1 Å². The van der Waals surface area contributed by atoms with E-state index in [2.05, 4.69) is 48.6 Å². The molecule has 6 heteroatoms. The molecule has 0 amide bonds. The normalized spacial score (nSPS) is 11.7. The van der Waals surface area contributed by atoms with E-state index in [4.69, 9.17) is 20.4 Å². The zero-order valence-corrected chi connectivity index (χ0v) is 30.9. The van der Waals surface area contributed by atoms with Crippen molar-refractivity contribution in [2.75, 3.05) is 13.2 Å². The lowest BCUT2D eigenvalue weighted by molar-refractivity contribution is -0.138. The molecule has 0 aromatic heterocycles. The molecule has 0 rings (SSSR count). The second-order valence-electron chi connectivity index (χ2n) is 13.0. The van der Waals surface area contributed by atoms with Crippen molar-refractivity contribution in [1.82, 2.24) is 0 Å². The Morgan fingerprint density at radius 2 is 0.542 bits per heavy atom. The van der Waals surface area contributed by atoms with E-state index in [1.807, 2.05) is 0 Å². The Labute approximate surface area is 295 Å². The maximum atomic E-state index is 10.4. The molecule has 0 aliphatic rings. The van der Waals surface area contributed by atoms with E-state index in [-0.39, 0.29) is 0 Å². The fraction of sp³-hybridized carbons (Fsp3) is 0.762. The van der Waals surface area contributed by atoms with Crippen molar-refractivity contribution in [3.05, 3.63) is 48.6 Å². The van der Waals surface area contributed by atoms with Crippen molar-refractivity contribution in [1.29, 1.82) is 0 Å². The standard InChI is InChI=1S/C22H40O3.C20H36O3/c23-21-19-17-15-13-11-9-7-5-3-1-2-4-6-8-10-12-14-16-18-20-22(24)25;21-19-17-15-13-11-9-7-5-3-1-2-4-6-8-10-12-14-16-18-20(22)23/h1-2,5,7,23H,3-4,6,8-21H2,(H,24,25);1-2,5,7,21H,3-4,6,8-19H2,(H,22,23). The summed E-state index contributed by atoms with van der Waals surface area (Å²) in [7, 11) is 0. The molecule has 0 unspecified atom stereocenters. The number of rotatable bonds is 36. The van der Waals surface area contributed by atoms with E-state index >= 15 is 0 Å². The van der Waals surface area contributed by atoms with Gasteiger partial charge in [0.05, 0.1) is 0 Å². The number of unbranched alkanes of at least 4 members (excludes halogenated alkanes) is 22. The summed E-state index contributed by atoms with van der Waals surface area (Å²) in [5.74, 6) is -1.35. The van der Waals surface area contributed by atoms with Crippen molar-refractivity contribution < 1.29 is 30.0 Å². The number of aliphatic hydroxyl groups is 2. The maximum Gasteiger partial charge on any atom is 0.303 e. The van der Waals surface area contributed by atoms with Gasteiger partial charge in [-0.05, 0) is 89.9 Å². The van der Waals surface area contributed by atoms with Gasteiger partial charge in [0, 0.05) is 26.1 Å². The van der Waals surface area contributed by atoms with Crippen LogP contribution in [0.2, 0.25) is 0 Å². The highest BCUT2D eigenvalue weighted by molar-refractivity contribution is 5.66. The fourth-order valence-electron chi connectivity index (χ4n) is 5.31. The van der Waals surface area contributed by atoms with Crippen molar-refractivity contribution in [2.24, 2.45) is 0 Å². The molecule has 0 radical (unpaired) electrons. The topological polar surface area (TPSA) is 115 Å². The van der Waals surface area contributed by atoms with E-state index in [9.17, 15) is 9.59 Å². The molecule has 0 bridgehead atoms. The van der Waals surface area contributed by atoms with Crippen LogP contribution in [0.3, 0.4) is 0 Å². The van der Waals surface area contributed by atoms with Gasteiger partial charge < -0.3 is 20.4 Å². The highest BCUT2D eigenvalue weighted by atomic mass is 16.4. The van der Waals surface area contributed by atoms with Gasteiger partial charge in [-0.25, -0.2) is 0 Å². The van der Waals surface area contributed by atoms with Gasteiger partial charge in [-0.2, -0.15) is 0 Å². The molecule has 0 heterocycles. The number of carbonyl (C=O) groups is 2. The number of carboxylic acid groups (broad SMARTS) is 2. The molecular weight excluding hydrogens is 600 g/mol. The molecule has 0 aromatic carbocycles. The van der Waals surface area contributed by atoms with Gasteiger partial charge in [-0.15, -0.1) is 0 Å². The fourth-order valence-corrected chi connectivity index (χ4v) is 5.31. The number of aliphatic carboxylic acids is 2. The molecule has 0 saturated carbocycles. The molecule has 0 aliphatic heterocycles. The molecule has 0 aromatic rings. The Morgan fingerprint density at radius 1 is 0.312 bits per heavy atom. The summed E-state index contributed by atoms with van der Waals surface area (Å²) in [6, 6.07) is 0. The van der Waals surface area contributed by atoms with Crippen LogP contribution >= 0.6 is 0 Å². The largest absolute Gasteiger partial charge is 0.481 e. The molecule has 0 saturated heterocycles. The zero-order valence-electron chi connectivity index (χ0n) is 30.9. The highest BCUT2D eigenvalue weighted by Crippen LogP contribution is 2.11. The lowest BCUT2D eigenvalue weighted by atomic mass is 10.1. The average molecular weight is 677 g/mol. The molecule has 6 nitrogen and oxygen atoms in total. The summed E-state index contributed by atoms with van der Waals surface area (Å²) in [5.41, 5.74) is 0. The first-order valence-corrected chi connectivity index (χ1v) is 19.8. The van der Waals surface area contributed by atoms with Crippen LogP contribution in [0, 0.1) is 0 Å². The summed E-state index contributed by atoms with van der Waals surface area (Å²) in [4.78, 5) is 20.7. The SMILES string of the molecule is O=C(O)CCCCCCCCC=CCC=CCCCCCCO.O=C(O)CCCCCCCCCC=CCC=CCCCCCCCO. The van der Waals surface area contributed by atoms with Gasteiger partial charge in [0.25, 0.3) is 0 Å². The van der Waals surface area contributed by atoms with Gasteiger partial charge in [-0.3, -0.25) is 9.59 Å². The first kappa shape index (κ1) is 47.9. The molecule has 0 fully saturated rings. The summed E-state index contributed by atoms with van der Waals surface area (Å²) in [6.45, 7) is 0.659. The van der Waals surface area contributed by atoms with Gasteiger partial charge in [-0.1, -0.05) is 138 Å². The Bertz CT molecular complexity index is 770. The summed E-state index contributed by atoms with van der Waals surface area (Å²) >= 11 is 0. The first-order chi connectivity index (χ1) is 23.5. The predicted octanol–water partition coefficient (Wildman–Crippen LogP) is 12.1. The quantitative estimate of drug-likeness (QED) is 0.0388. The second-order valence-corrected chi connectivity index (χ2v) is 13.0. The lowest BCUT2D eigenvalue weighted by Gasteiger charge is -2.00. The smallest absolute Gasteiger partial charge is 0.303 e. The maximum absolute atomic E-state index is 10.4. The first-order valence-electron chi connectivity index (χ1n) is 19.8. The van der Waals surface area contributed by atoms with Crippen LogP contribution < -0.4 is 0 Å². The number of carboxylic acids is 2. The van der Waals surface area contributed by atoms with Crippen molar-refractivity contribution in [3.63, 3.8) is 0 Å². The number of hydrogen-bond donors (Lipinski definition) is 4. The van der Waals surface area contributed by atoms with Crippen molar-refractivity contribution in [2.45, 2.75) is 193 Å². The van der Waals surface area contributed by atoms with Crippen LogP contribution in [0.4, 0.5) is 0 Å². The van der Waals surface area contributed by atoms with Crippen LogP contribution in [0.15, 0.2) is 48.6 Å². The average Bonchev–Trinajstić information content (AvgIpc) is 3.07. The second kappa shape index (κ2) is 44.8. The minimum atomic E-state index is -0.675. The predicted molar refractivity (Wildman–Crippen MR) is 205 cm³/mol. The third kappa shape index (κ3) is 50.7. The van der Waals surface area contributed by atoms with Crippen LogP contribution in [0.5, 0.6) is 0 Å². The summed E-state index contributed by atoms with van der Waals surface area (Å²) in [6.07, 6.45) is 50.9. The molecule has 0 atom stereocenters. The summed E-state index contributed by atoms with van der Waals surface area (Å²) in [5, 5.41) is 34.4. The van der Waals surface area contributed by atoms with Crippen LogP contribution in [0.25, 0.3) is 0 Å². The Hall–Kier alpha value is -2.18. The molecular formula is C42H76O6. The van der Waals surface area contributed by atoms with Gasteiger partial charge in [0.2, 0.25) is 0 Å². The third-order valence-electron chi connectivity index (χ3n) is 8.29. The van der Waals surface area contributed by atoms with Crippen molar-refractivity contribution in [3.8, 4) is 0 Å². The van der Waals surface area contributed by atoms with Crippen LogP contribution in [-0.2, 0) is 9.59 Å². The Balaban J connectivity index is 0. The molecule has 0 aliphatic carbocycles. The number of allylic oxidation sites excluding steroid dienone is 8. The monoisotopic (exact) mass is 677 g/mol. The number of aliphatic hydroxyl groups excluding tert-OH is 2. The molecule has 0 spiro atoms. The summed E-state index contributed by atoms with van der Waals surface area (Å²) < 4.78 is 0. The Morgan fingerprint density at radius 3 is 0.792 bits per heavy atom. The van der Waals surface area contributed by atoms with Gasteiger partial charge in [0.15, 0.2) is 0 Å². The molecule has 48 heavy (non-hydrogen) atoms. The minimum Gasteiger partial charge on any atom is -0.481 e. The van der Waals surface area contributed by atoms with E-state index in [1.165, 1.54) is 96.3 Å². The zero-order chi connectivity index (χ0) is 35.4. The van der Waals surface area contributed by atoms with E-state index in [0.717, 1.165) is 83.5 Å². The van der Waals surface area contributed by atoms with Crippen LogP contribution in [0.1, 0.15) is 193 Å². The number of hydrogen-bond acceptors (Lipinski definition) is 4. The third-order valence-corrected chi connectivity index (χ3v) is 8.29. The highest BCUT2D eigenvalue weighted by Gasteiger charge is 1.97. The lowest BCUT2D eigenvalue weighted by Crippen LogP contribution is -1.93. The van der Waals surface area contributed by atoms with Gasteiger partial charge >= 0.3 is 11.9 Å². The van der Waals surface area contributed by atoms with E-state index < -0.39 is 11.9 Å².